The molecule has 2 rings (SSSR count). The Hall–Kier alpha value is -0.870. The predicted octanol–water partition coefficient (Wildman–Crippen LogP) is 2.01. The monoisotopic (exact) mass is 264 g/mol. The van der Waals surface area contributed by atoms with E-state index in [9.17, 15) is 0 Å². The van der Waals surface area contributed by atoms with Gasteiger partial charge in [-0.05, 0) is 52.1 Å². The molecule has 108 valence electrons. The van der Waals surface area contributed by atoms with E-state index in [1.165, 1.54) is 24.2 Å². The molecule has 1 aliphatic heterocycles. The quantitative estimate of drug-likeness (QED) is 0.908. The summed E-state index contributed by atoms with van der Waals surface area (Å²) in [5.41, 5.74) is 9.76. The van der Waals surface area contributed by atoms with Crippen LogP contribution in [0.4, 0.5) is 0 Å². The van der Waals surface area contributed by atoms with Crippen LogP contribution >= 0.6 is 0 Å². The molecule has 2 heterocycles. The Balaban J connectivity index is 2.17. The maximum absolute atomic E-state index is 5.92. The zero-order chi connectivity index (χ0) is 14.2. The van der Waals surface area contributed by atoms with Crippen LogP contribution < -0.4 is 5.73 Å². The van der Waals surface area contributed by atoms with Gasteiger partial charge in [0.1, 0.15) is 0 Å². The molecule has 3 atom stereocenters. The minimum Gasteiger partial charge on any atom is -0.330 e. The number of likely N-dealkylation sites (tertiary alicyclic amines) is 1. The maximum atomic E-state index is 5.92. The van der Waals surface area contributed by atoms with E-state index in [1.54, 1.807) is 0 Å². The Kier molecular flexibility index (Phi) is 4.31. The van der Waals surface area contributed by atoms with E-state index >= 15 is 0 Å². The Labute approximate surface area is 117 Å². The van der Waals surface area contributed by atoms with E-state index in [1.807, 2.05) is 11.7 Å². The van der Waals surface area contributed by atoms with E-state index < -0.39 is 0 Å². The van der Waals surface area contributed by atoms with Crippen molar-refractivity contribution in [1.29, 1.82) is 0 Å². The summed E-state index contributed by atoms with van der Waals surface area (Å²) in [7, 11) is 2.03. The van der Waals surface area contributed by atoms with Crippen LogP contribution in [0.1, 0.15) is 43.3 Å². The van der Waals surface area contributed by atoms with Crippen LogP contribution in [0.15, 0.2) is 0 Å². The van der Waals surface area contributed by atoms with Gasteiger partial charge >= 0.3 is 0 Å². The largest absolute Gasteiger partial charge is 0.330 e. The van der Waals surface area contributed by atoms with Crippen molar-refractivity contribution in [3.8, 4) is 0 Å². The van der Waals surface area contributed by atoms with Gasteiger partial charge in [0.2, 0.25) is 0 Å². The molecule has 19 heavy (non-hydrogen) atoms. The molecular formula is C15H28N4. The Bertz CT molecular complexity index is 438. The van der Waals surface area contributed by atoms with Gasteiger partial charge in [-0.3, -0.25) is 9.58 Å². The molecule has 0 aliphatic carbocycles. The van der Waals surface area contributed by atoms with E-state index in [0.717, 1.165) is 24.7 Å². The number of nitrogens with two attached hydrogens (primary N) is 1. The number of aryl methyl sites for hydroxylation is 2. The average molecular weight is 264 g/mol. The Morgan fingerprint density at radius 1 is 1.42 bits per heavy atom. The van der Waals surface area contributed by atoms with E-state index in [2.05, 4.69) is 37.7 Å². The van der Waals surface area contributed by atoms with Gasteiger partial charge < -0.3 is 5.73 Å². The van der Waals surface area contributed by atoms with Gasteiger partial charge in [0.25, 0.3) is 0 Å². The second-order valence-corrected chi connectivity index (χ2v) is 6.14. The highest BCUT2D eigenvalue weighted by atomic mass is 15.3. The summed E-state index contributed by atoms with van der Waals surface area (Å²) in [6.45, 7) is 12.0. The fraction of sp³-hybridized carbons (Fsp3) is 0.800. The van der Waals surface area contributed by atoms with E-state index in [0.29, 0.717) is 12.0 Å². The van der Waals surface area contributed by atoms with E-state index in [-0.39, 0.29) is 0 Å². The summed E-state index contributed by atoms with van der Waals surface area (Å²) in [6.07, 6.45) is 1.25. The highest BCUT2D eigenvalue weighted by Gasteiger charge is 2.30. The zero-order valence-electron chi connectivity index (χ0n) is 13.0. The maximum Gasteiger partial charge on any atom is 0.0644 e. The van der Waals surface area contributed by atoms with Crippen molar-refractivity contribution in [3.63, 3.8) is 0 Å². The van der Waals surface area contributed by atoms with Crippen LogP contribution in [0.5, 0.6) is 0 Å². The van der Waals surface area contributed by atoms with Crippen molar-refractivity contribution in [2.75, 3.05) is 19.6 Å². The van der Waals surface area contributed by atoms with Gasteiger partial charge in [0.05, 0.1) is 5.69 Å². The lowest BCUT2D eigenvalue weighted by Gasteiger charge is -2.40. The van der Waals surface area contributed by atoms with Crippen molar-refractivity contribution >= 4 is 0 Å². The van der Waals surface area contributed by atoms with Crippen LogP contribution in [0.2, 0.25) is 0 Å². The molecule has 1 aromatic rings. The fourth-order valence-electron chi connectivity index (χ4n) is 3.41. The Morgan fingerprint density at radius 2 is 2.11 bits per heavy atom. The first-order chi connectivity index (χ1) is 8.95. The molecular weight excluding hydrogens is 236 g/mol. The molecule has 2 N–H and O–H groups in total. The number of hydrogen-bond donors (Lipinski definition) is 1. The second kappa shape index (κ2) is 5.63. The van der Waals surface area contributed by atoms with Gasteiger partial charge in [-0.1, -0.05) is 6.92 Å². The van der Waals surface area contributed by atoms with Crippen LogP contribution in [0, 0.1) is 25.7 Å². The standard InChI is InChI=1S/C15H28N4/c1-10-6-7-19(9-14(10)8-16)13(4)15-11(2)17-18(5)12(15)3/h10,13-14H,6-9,16H2,1-5H3. The number of rotatable bonds is 3. The molecule has 4 heteroatoms. The molecule has 0 saturated carbocycles. The highest BCUT2D eigenvalue weighted by Crippen LogP contribution is 2.31. The molecule has 0 amide bonds. The molecule has 3 unspecified atom stereocenters. The molecule has 1 fully saturated rings. The first-order valence-electron chi connectivity index (χ1n) is 7.39. The van der Waals surface area contributed by atoms with Crippen LogP contribution in [-0.2, 0) is 7.05 Å². The van der Waals surface area contributed by atoms with Gasteiger partial charge in [-0.25, -0.2) is 0 Å². The summed E-state index contributed by atoms with van der Waals surface area (Å²) in [5.74, 6) is 1.39. The van der Waals surface area contributed by atoms with Crippen LogP contribution in [0.3, 0.4) is 0 Å². The van der Waals surface area contributed by atoms with E-state index in [4.69, 9.17) is 5.73 Å². The number of aromatic nitrogens is 2. The topological polar surface area (TPSA) is 47.1 Å². The predicted molar refractivity (Wildman–Crippen MR) is 79.0 cm³/mol. The second-order valence-electron chi connectivity index (χ2n) is 6.14. The molecule has 0 bridgehead atoms. The van der Waals surface area contributed by atoms with Gasteiger partial charge in [0, 0.05) is 30.9 Å². The average Bonchev–Trinajstić information content (AvgIpc) is 2.63. The zero-order valence-corrected chi connectivity index (χ0v) is 13.0. The normalized spacial score (nSPS) is 26.6. The first-order valence-corrected chi connectivity index (χ1v) is 7.39. The van der Waals surface area contributed by atoms with Gasteiger partial charge in [-0.15, -0.1) is 0 Å². The van der Waals surface area contributed by atoms with Gasteiger partial charge in [0.15, 0.2) is 0 Å². The smallest absolute Gasteiger partial charge is 0.0644 e. The molecule has 4 nitrogen and oxygen atoms in total. The lowest BCUT2D eigenvalue weighted by molar-refractivity contribution is 0.0973. The first kappa shape index (κ1) is 14.5. The molecule has 0 aromatic carbocycles. The Morgan fingerprint density at radius 3 is 2.63 bits per heavy atom. The third-order valence-electron chi connectivity index (χ3n) is 4.98. The summed E-state index contributed by atoms with van der Waals surface area (Å²) in [4.78, 5) is 2.58. The lowest BCUT2D eigenvalue weighted by atomic mass is 9.86. The third kappa shape index (κ3) is 2.70. The minimum absolute atomic E-state index is 0.440. The minimum atomic E-state index is 0.440. The summed E-state index contributed by atoms with van der Waals surface area (Å²) < 4.78 is 1.99. The van der Waals surface area contributed by atoms with Crippen molar-refractivity contribution in [2.45, 2.75) is 40.2 Å². The summed E-state index contributed by atoms with van der Waals surface area (Å²) in [5, 5.41) is 4.55. The van der Waals surface area contributed by atoms with Crippen LogP contribution in [0.25, 0.3) is 0 Å². The van der Waals surface area contributed by atoms with Crippen LogP contribution in [-0.4, -0.2) is 34.3 Å². The number of nitrogens with zero attached hydrogens (tertiary/aromatic N) is 3. The third-order valence-corrected chi connectivity index (χ3v) is 4.98. The van der Waals surface area contributed by atoms with Crippen molar-refractivity contribution in [3.05, 3.63) is 17.0 Å². The molecule has 1 saturated heterocycles. The SMILES string of the molecule is Cc1nn(C)c(C)c1C(C)N1CCC(C)C(CN)C1. The molecule has 0 radical (unpaired) electrons. The summed E-state index contributed by atoms with van der Waals surface area (Å²) in [6, 6.07) is 0.440. The van der Waals surface area contributed by atoms with Crippen molar-refractivity contribution < 1.29 is 0 Å². The van der Waals surface area contributed by atoms with Gasteiger partial charge in [-0.2, -0.15) is 5.10 Å². The van der Waals surface area contributed by atoms with Crippen molar-refractivity contribution in [2.24, 2.45) is 24.6 Å². The molecule has 0 spiro atoms. The summed E-state index contributed by atoms with van der Waals surface area (Å²) >= 11 is 0. The number of hydrogen-bond acceptors (Lipinski definition) is 3. The fourth-order valence-corrected chi connectivity index (χ4v) is 3.41. The lowest BCUT2D eigenvalue weighted by Crippen LogP contribution is -2.43. The van der Waals surface area contributed by atoms with Crippen molar-refractivity contribution in [1.82, 2.24) is 14.7 Å². The highest BCUT2D eigenvalue weighted by molar-refractivity contribution is 5.27. The molecule has 1 aliphatic rings. The number of piperidine rings is 1. The molecule has 1 aromatic heterocycles.